The Bertz CT molecular complexity index is 623. The highest BCUT2D eigenvalue weighted by Gasteiger charge is 2.31. The van der Waals surface area contributed by atoms with Gasteiger partial charge in [-0.05, 0) is 20.8 Å². The van der Waals surface area contributed by atoms with Crippen molar-refractivity contribution in [3.05, 3.63) is 11.4 Å². The highest BCUT2D eigenvalue weighted by atomic mass is 32.2. The van der Waals surface area contributed by atoms with Crippen molar-refractivity contribution in [1.29, 1.82) is 0 Å². The van der Waals surface area contributed by atoms with Crippen molar-refractivity contribution < 1.29 is 23.1 Å². The van der Waals surface area contributed by atoms with E-state index in [2.05, 4.69) is 5.10 Å². The number of hydrogen-bond donors (Lipinski definition) is 1. The molecule has 1 unspecified atom stereocenters. The van der Waals surface area contributed by atoms with Crippen LogP contribution in [-0.2, 0) is 26.1 Å². The minimum atomic E-state index is -3.76. The van der Waals surface area contributed by atoms with Gasteiger partial charge in [0.2, 0.25) is 10.0 Å². The van der Waals surface area contributed by atoms with Crippen LogP contribution >= 0.6 is 0 Å². The summed E-state index contributed by atoms with van der Waals surface area (Å²) in [6.07, 6.45) is 0. The van der Waals surface area contributed by atoms with Gasteiger partial charge in [-0.3, -0.25) is 9.48 Å². The minimum absolute atomic E-state index is 0.0502. The number of aromatic nitrogens is 2. The minimum Gasteiger partial charge on any atom is -0.480 e. The molecule has 0 aliphatic heterocycles. The van der Waals surface area contributed by atoms with Crippen molar-refractivity contribution in [2.75, 3.05) is 20.8 Å². The van der Waals surface area contributed by atoms with Crippen LogP contribution in [0.2, 0.25) is 0 Å². The molecule has 0 aromatic carbocycles. The van der Waals surface area contributed by atoms with Crippen LogP contribution < -0.4 is 0 Å². The van der Waals surface area contributed by atoms with Gasteiger partial charge in [-0.2, -0.15) is 9.40 Å². The van der Waals surface area contributed by atoms with Gasteiger partial charge in [0.05, 0.1) is 18.0 Å². The maximum Gasteiger partial charge on any atom is 0.325 e. The number of likely N-dealkylation sites (N-methyl/N-ethyl adjacent to an activating group) is 1. The molecule has 0 saturated carbocycles. The van der Waals surface area contributed by atoms with Gasteiger partial charge in [0.1, 0.15) is 11.4 Å². The summed E-state index contributed by atoms with van der Waals surface area (Å²) in [5.74, 6) is -1.08. The van der Waals surface area contributed by atoms with Crippen LogP contribution in [-0.4, -0.2) is 60.4 Å². The number of carboxylic acids is 1. The molecule has 0 amide bonds. The van der Waals surface area contributed by atoms with E-state index in [1.54, 1.807) is 20.8 Å². The first kappa shape index (κ1) is 17.6. The molecule has 0 aliphatic carbocycles. The molecule has 0 saturated heterocycles. The zero-order chi connectivity index (χ0) is 16.4. The zero-order valence-corrected chi connectivity index (χ0v) is 13.6. The first-order valence-corrected chi connectivity index (χ1v) is 7.79. The molecule has 1 aromatic rings. The molecule has 0 aliphatic rings. The lowest BCUT2D eigenvalue weighted by molar-refractivity contribution is -0.137. The number of nitrogens with zero attached hydrogens (tertiary/aromatic N) is 3. The highest BCUT2D eigenvalue weighted by Crippen LogP contribution is 2.24. The van der Waals surface area contributed by atoms with E-state index in [-0.39, 0.29) is 29.8 Å². The fourth-order valence-electron chi connectivity index (χ4n) is 2.06. The van der Waals surface area contributed by atoms with Crippen molar-refractivity contribution in [2.24, 2.45) is 0 Å². The number of rotatable bonds is 7. The van der Waals surface area contributed by atoms with Gasteiger partial charge in [0.25, 0.3) is 0 Å². The lowest BCUT2D eigenvalue weighted by Gasteiger charge is -2.23. The fourth-order valence-corrected chi connectivity index (χ4v) is 3.78. The Kier molecular flexibility index (Phi) is 5.48. The summed E-state index contributed by atoms with van der Waals surface area (Å²) >= 11 is 0. The summed E-state index contributed by atoms with van der Waals surface area (Å²) in [7, 11) is -0.797. The predicted octanol–water partition coefficient (Wildman–Crippen LogP) is 0.240. The number of carbonyl (C=O) groups is 1. The number of sulfonamides is 1. The average Bonchev–Trinajstić information content (AvgIpc) is 2.63. The van der Waals surface area contributed by atoms with Crippen molar-refractivity contribution >= 4 is 16.0 Å². The Hall–Kier alpha value is -1.45. The van der Waals surface area contributed by atoms with Crippen LogP contribution in [0.4, 0.5) is 0 Å². The van der Waals surface area contributed by atoms with Gasteiger partial charge >= 0.3 is 5.97 Å². The Morgan fingerprint density at radius 3 is 2.52 bits per heavy atom. The first-order valence-electron chi connectivity index (χ1n) is 6.35. The standard InChI is InChI=1S/C12H21N3O5S/c1-8(7-20-5)14(4)21(18,19)12-9(2)13-15(10(12)3)6-11(16)17/h8H,6-7H2,1-5H3,(H,16,17). The third-order valence-corrected chi connectivity index (χ3v) is 5.49. The van der Waals surface area contributed by atoms with Crippen LogP contribution in [0, 0.1) is 13.8 Å². The largest absolute Gasteiger partial charge is 0.480 e. The van der Waals surface area contributed by atoms with Crippen molar-refractivity contribution in [3.8, 4) is 0 Å². The molecule has 1 aromatic heterocycles. The quantitative estimate of drug-likeness (QED) is 0.772. The number of carboxylic acid groups (broad SMARTS) is 1. The molecular formula is C12H21N3O5S. The molecule has 1 N–H and O–H groups in total. The Labute approximate surface area is 124 Å². The predicted molar refractivity (Wildman–Crippen MR) is 75.6 cm³/mol. The topological polar surface area (TPSA) is 102 Å². The lowest BCUT2D eigenvalue weighted by atomic mass is 10.4. The van der Waals surface area contributed by atoms with Gasteiger partial charge in [-0.15, -0.1) is 0 Å². The SMILES string of the molecule is COCC(C)N(C)S(=O)(=O)c1c(C)nn(CC(=O)O)c1C. The summed E-state index contributed by atoms with van der Waals surface area (Å²) in [5.41, 5.74) is 0.594. The Balaban J connectivity index is 3.26. The van der Waals surface area contributed by atoms with Gasteiger partial charge < -0.3 is 9.84 Å². The molecule has 21 heavy (non-hydrogen) atoms. The van der Waals surface area contributed by atoms with Gasteiger partial charge in [0, 0.05) is 20.2 Å². The Morgan fingerprint density at radius 1 is 1.48 bits per heavy atom. The molecule has 0 bridgehead atoms. The number of hydrogen-bond acceptors (Lipinski definition) is 5. The fraction of sp³-hybridized carbons (Fsp3) is 0.667. The second-order valence-electron chi connectivity index (χ2n) is 4.88. The van der Waals surface area contributed by atoms with E-state index < -0.39 is 16.0 Å². The third kappa shape index (κ3) is 3.60. The molecule has 8 nitrogen and oxygen atoms in total. The number of ether oxygens (including phenoxy) is 1. The summed E-state index contributed by atoms with van der Waals surface area (Å²) in [6, 6.07) is -0.346. The van der Waals surface area contributed by atoms with Crippen LogP contribution in [0.15, 0.2) is 4.90 Å². The van der Waals surface area contributed by atoms with E-state index >= 15 is 0 Å². The van der Waals surface area contributed by atoms with Gasteiger partial charge in [0.15, 0.2) is 0 Å². The van der Waals surface area contributed by atoms with E-state index in [4.69, 9.17) is 9.84 Å². The monoisotopic (exact) mass is 319 g/mol. The number of methoxy groups -OCH3 is 1. The molecule has 9 heteroatoms. The zero-order valence-electron chi connectivity index (χ0n) is 12.8. The first-order chi connectivity index (χ1) is 9.62. The second-order valence-corrected chi connectivity index (χ2v) is 6.81. The molecule has 0 radical (unpaired) electrons. The smallest absolute Gasteiger partial charge is 0.325 e. The molecule has 1 heterocycles. The van der Waals surface area contributed by atoms with Crippen LogP contribution in [0.3, 0.4) is 0 Å². The summed E-state index contributed by atoms with van der Waals surface area (Å²) in [5, 5.41) is 12.8. The van der Waals surface area contributed by atoms with Crippen LogP contribution in [0.1, 0.15) is 18.3 Å². The van der Waals surface area contributed by atoms with Crippen LogP contribution in [0.25, 0.3) is 0 Å². The molecule has 0 spiro atoms. The maximum atomic E-state index is 12.7. The average molecular weight is 319 g/mol. The lowest BCUT2D eigenvalue weighted by Crippen LogP contribution is -2.38. The van der Waals surface area contributed by atoms with Crippen molar-refractivity contribution in [2.45, 2.75) is 38.3 Å². The summed E-state index contributed by atoms with van der Waals surface area (Å²) in [6.45, 7) is 4.71. The maximum absolute atomic E-state index is 12.7. The van der Waals surface area contributed by atoms with Crippen molar-refractivity contribution in [1.82, 2.24) is 14.1 Å². The van der Waals surface area contributed by atoms with Gasteiger partial charge in [-0.1, -0.05) is 0 Å². The molecule has 1 rings (SSSR count). The molecule has 0 fully saturated rings. The van der Waals surface area contributed by atoms with Crippen LogP contribution in [0.5, 0.6) is 0 Å². The number of aryl methyl sites for hydroxylation is 1. The summed E-state index contributed by atoms with van der Waals surface area (Å²) < 4.78 is 32.7. The van der Waals surface area contributed by atoms with E-state index in [1.807, 2.05) is 0 Å². The summed E-state index contributed by atoms with van der Waals surface area (Å²) in [4.78, 5) is 10.8. The third-order valence-electron chi connectivity index (χ3n) is 3.27. The van der Waals surface area contributed by atoms with E-state index in [1.165, 1.54) is 23.1 Å². The molecular weight excluding hydrogens is 298 g/mol. The van der Waals surface area contributed by atoms with Crippen molar-refractivity contribution in [3.63, 3.8) is 0 Å². The second kappa shape index (κ2) is 6.54. The van der Waals surface area contributed by atoms with E-state index in [9.17, 15) is 13.2 Å². The highest BCUT2D eigenvalue weighted by molar-refractivity contribution is 7.89. The van der Waals surface area contributed by atoms with E-state index in [0.717, 1.165) is 0 Å². The Morgan fingerprint density at radius 2 is 2.05 bits per heavy atom. The normalized spacial score (nSPS) is 13.6. The van der Waals surface area contributed by atoms with Gasteiger partial charge in [-0.25, -0.2) is 8.42 Å². The molecule has 120 valence electrons. The van der Waals surface area contributed by atoms with E-state index in [0.29, 0.717) is 5.69 Å². The molecule has 1 atom stereocenters. The number of aliphatic carboxylic acids is 1.